The van der Waals surface area contributed by atoms with Crippen molar-refractivity contribution in [2.75, 3.05) is 0 Å². The Balaban J connectivity index is 2.21. The summed E-state index contributed by atoms with van der Waals surface area (Å²) in [6.45, 7) is 3.34. The molecule has 1 saturated carbocycles. The predicted molar refractivity (Wildman–Crippen MR) is 70.6 cm³/mol. The zero-order valence-corrected chi connectivity index (χ0v) is 11.4. The third-order valence-electron chi connectivity index (χ3n) is 3.60. The molecule has 0 bridgehead atoms. The van der Waals surface area contributed by atoms with Crippen LogP contribution in [-0.2, 0) is 4.79 Å². The fourth-order valence-corrected chi connectivity index (χ4v) is 2.16. The largest absolute Gasteiger partial charge is 0.481 e. The second kappa shape index (κ2) is 5.44. The Morgan fingerprint density at radius 1 is 1.45 bits per heavy atom. The molecule has 1 aromatic rings. The number of carbonyl (C=O) groups excluding carboxylic acids is 1. The lowest BCUT2D eigenvalue weighted by molar-refractivity contribution is -0.137. The fourth-order valence-electron chi connectivity index (χ4n) is 2.16. The molecule has 1 heterocycles. The molecular weight excluding hydrogens is 262 g/mol. The van der Waals surface area contributed by atoms with Gasteiger partial charge in [-0.2, -0.15) is 5.10 Å². The summed E-state index contributed by atoms with van der Waals surface area (Å²) in [6.07, 6.45) is 1.68. The molecule has 0 aromatic carbocycles. The number of carboxylic acid groups (broad SMARTS) is 1. The molecule has 1 unspecified atom stereocenters. The van der Waals surface area contributed by atoms with Crippen molar-refractivity contribution < 1.29 is 14.7 Å². The van der Waals surface area contributed by atoms with Crippen molar-refractivity contribution in [2.45, 2.75) is 39.2 Å². The van der Waals surface area contributed by atoms with Crippen LogP contribution >= 0.6 is 0 Å². The molecule has 0 aliphatic heterocycles. The van der Waals surface area contributed by atoms with Crippen molar-refractivity contribution in [2.24, 2.45) is 5.92 Å². The van der Waals surface area contributed by atoms with Gasteiger partial charge in [0.05, 0.1) is 12.1 Å². The van der Waals surface area contributed by atoms with Crippen LogP contribution in [0.1, 0.15) is 40.9 Å². The Labute approximate surface area is 115 Å². The Bertz CT molecular complexity index is 604. The van der Waals surface area contributed by atoms with Crippen LogP contribution in [0.25, 0.3) is 0 Å². The fraction of sp³-hybridized carbons (Fsp3) is 0.538. The molecule has 1 aliphatic rings. The molecule has 2 rings (SSSR count). The second-order valence-electron chi connectivity index (χ2n) is 5.15. The number of aliphatic carboxylic acids is 1. The number of aromatic amines is 1. The van der Waals surface area contributed by atoms with Gasteiger partial charge in [-0.05, 0) is 38.2 Å². The molecule has 0 spiro atoms. The number of nitrogens with zero attached hydrogens (tertiary/aromatic N) is 1. The Kier molecular flexibility index (Phi) is 3.87. The smallest absolute Gasteiger partial charge is 0.305 e. The minimum atomic E-state index is -0.959. The topological polar surface area (TPSA) is 112 Å². The molecule has 1 atom stereocenters. The van der Waals surface area contributed by atoms with Crippen LogP contribution in [0.5, 0.6) is 0 Å². The molecule has 7 heteroatoms. The van der Waals surface area contributed by atoms with Gasteiger partial charge in [0, 0.05) is 6.04 Å². The first kappa shape index (κ1) is 14.2. The number of H-pyrrole nitrogens is 1. The molecule has 0 radical (unpaired) electrons. The Morgan fingerprint density at radius 3 is 2.65 bits per heavy atom. The van der Waals surface area contributed by atoms with E-state index in [1.165, 1.54) is 0 Å². The van der Waals surface area contributed by atoms with E-state index in [2.05, 4.69) is 15.5 Å². The van der Waals surface area contributed by atoms with Crippen LogP contribution in [0, 0.1) is 19.8 Å². The van der Waals surface area contributed by atoms with E-state index >= 15 is 0 Å². The van der Waals surface area contributed by atoms with Crippen molar-refractivity contribution in [3.05, 3.63) is 27.2 Å². The zero-order valence-electron chi connectivity index (χ0n) is 11.4. The third kappa shape index (κ3) is 3.04. The molecule has 1 aromatic heterocycles. The van der Waals surface area contributed by atoms with E-state index in [1.807, 2.05) is 0 Å². The number of hydrogen-bond acceptors (Lipinski definition) is 4. The van der Waals surface area contributed by atoms with Gasteiger partial charge in [-0.15, -0.1) is 0 Å². The van der Waals surface area contributed by atoms with Crippen molar-refractivity contribution in [1.82, 2.24) is 15.5 Å². The highest BCUT2D eigenvalue weighted by Gasteiger charge is 2.34. The number of amides is 1. The minimum Gasteiger partial charge on any atom is -0.481 e. The van der Waals surface area contributed by atoms with Gasteiger partial charge < -0.3 is 10.4 Å². The lowest BCUT2D eigenvalue weighted by Gasteiger charge is -2.16. The first-order valence-corrected chi connectivity index (χ1v) is 6.48. The van der Waals surface area contributed by atoms with Gasteiger partial charge in [0.1, 0.15) is 5.56 Å². The first-order valence-electron chi connectivity index (χ1n) is 6.48. The van der Waals surface area contributed by atoms with E-state index in [0.29, 0.717) is 11.3 Å². The van der Waals surface area contributed by atoms with E-state index in [4.69, 9.17) is 5.11 Å². The van der Waals surface area contributed by atoms with Gasteiger partial charge in [0.25, 0.3) is 11.5 Å². The summed E-state index contributed by atoms with van der Waals surface area (Å²) in [6, 6.07) is -0.424. The second-order valence-corrected chi connectivity index (χ2v) is 5.15. The van der Waals surface area contributed by atoms with Crippen molar-refractivity contribution in [3.63, 3.8) is 0 Å². The number of hydrogen-bond donors (Lipinski definition) is 3. The standard InChI is InChI=1S/C13H17N3O4/c1-6-7(2)15-16-13(20)11(6)12(19)14-9(5-10(17)18)8-3-4-8/h8-9H,3-5H2,1-2H3,(H,14,19)(H,16,20)(H,17,18). The monoisotopic (exact) mass is 279 g/mol. The van der Waals surface area contributed by atoms with Crippen LogP contribution in [0.15, 0.2) is 4.79 Å². The normalized spacial score (nSPS) is 15.7. The molecule has 0 saturated heterocycles. The average Bonchev–Trinajstić information content (AvgIpc) is 3.17. The summed E-state index contributed by atoms with van der Waals surface area (Å²) >= 11 is 0. The van der Waals surface area contributed by atoms with Crippen molar-refractivity contribution in [3.8, 4) is 0 Å². The van der Waals surface area contributed by atoms with Crippen LogP contribution in [0.4, 0.5) is 0 Å². The zero-order chi connectivity index (χ0) is 14.9. The van der Waals surface area contributed by atoms with E-state index in [9.17, 15) is 14.4 Å². The van der Waals surface area contributed by atoms with Crippen LogP contribution in [0.3, 0.4) is 0 Å². The summed E-state index contributed by atoms with van der Waals surface area (Å²) in [5.41, 5.74) is 0.524. The van der Waals surface area contributed by atoms with Gasteiger partial charge in [-0.3, -0.25) is 14.4 Å². The molecule has 1 aliphatic carbocycles. The summed E-state index contributed by atoms with van der Waals surface area (Å²) in [7, 11) is 0. The summed E-state index contributed by atoms with van der Waals surface area (Å²) in [5, 5.41) is 17.6. The number of carbonyl (C=O) groups is 2. The molecule has 1 fully saturated rings. The minimum absolute atomic E-state index is 0.00791. The maximum atomic E-state index is 12.2. The Morgan fingerprint density at radius 2 is 2.10 bits per heavy atom. The lowest BCUT2D eigenvalue weighted by Crippen LogP contribution is -2.41. The maximum Gasteiger partial charge on any atom is 0.305 e. The van der Waals surface area contributed by atoms with Gasteiger partial charge in [-0.1, -0.05) is 0 Å². The molecule has 108 valence electrons. The SMILES string of the molecule is Cc1n[nH]c(=O)c(C(=O)NC(CC(=O)O)C2CC2)c1C. The van der Waals surface area contributed by atoms with Crippen molar-refractivity contribution in [1.29, 1.82) is 0 Å². The molecule has 1 amide bonds. The van der Waals surface area contributed by atoms with Gasteiger partial charge in [-0.25, -0.2) is 5.10 Å². The third-order valence-corrected chi connectivity index (χ3v) is 3.60. The first-order chi connectivity index (χ1) is 9.40. The number of rotatable bonds is 5. The van der Waals surface area contributed by atoms with E-state index in [1.54, 1.807) is 13.8 Å². The molecule has 20 heavy (non-hydrogen) atoms. The highest BCUT2D eigenvalue weighted by atomic mass is 16.4. The van der Waals surface area contributed by atoms with Crippen LogP contribution in [-0.4, -0.2) is 33.2 Å². The Hall–Kier alpha value is -2.18. The number of aryl methyl sites for hydroxylation is 1. The maximum absolute atomic E-state index is 12.2. The van der Waals surface area contributed by atoms with E-state index in [0.717, 1.165) is 12.8 Å². The van der Waals surface area contributed by atoms with Gasteiger partial charge >= 0.3 is 5.97 Å². The average molecular weight is 279 g/mol. The highest BCUT2D eigenvalue weighted by molar-refractivity contribution is 5.95. The van der Waals surface area contributed by atoms with Crippen LogP contribution in [0.2, 0.25) is 0 Å². The quantitative estimate of drug-likeness (QED) is 0.721. The van der Waals surface area contributed by atoms with E-state index < -0.39 is 23.5 Å². The number of nitrogens with one attached hydrogen (secondary N) is 2. The summed E-state index contributed by atoms with van der Waals surface area (Å²) in [5.74, 6) is -1.30. The lowest BCUT2D eigenvalue weighted by atomic mass is 10.1. The van der Waals surface area contributed by atoms with Crippen LogP contribution < -0.4 is 10.9 Å². The molecule has 7 nitrogen and oxygen atoms in total. The summed E-state index contributed by atoms with van der Waals surface area (Å²) < 4.78 is 0. The summed E-state index contributed by atoms with van der Waals surface area (Å²) in [4.78, 5) is 34.8. The van der Waals surface area contributed by atoms with Gasteiger partial charge in [0.15, 0.2) is 0 Å². The molecule has 3 N–H and O–H groups in total. The number of carboxylic acids is 1. The predicted octanol–water partition coefficient (Wildman–Crippen LogP) is 0.370. The molecular formula is C13H17N3O4. The number of aromatic nitrogens is 2. The van der Waals surface area contributed by atoms with E-state index in [-0.39, 0.29) is 17.9 Å². The van der Waals surface area contributed by atoms with Gasteiger partial charge in [0.2, 0.25) is 0 Å². The highest BCUT2D eigenvalue weighted by Crippen LogP contribution is 2.34. The van der Waals surface area contributed by atoms with Crippen molar-refractivity contribution >= 4 is 11.9 Å².